The minimum Gasteiger partial charge on any atom is -0.281 e. The van der Waals surface area contributed by atoms with E-state index in [0.29, 0.717) is 6.42 Å². The van der Waals surface area contributed by atoms with E-state index in [-0.39, 0.29) is 12.3 Å². The number of rotatable bonds is 2. The van der Waals surface area contributed by atoms with E-state index in [1.54, 1.807) is 6.08 Å². The Morgan fingerprint density at radius 1 is 1.29 bits per heavy atom. The van der Waals surface area contributed by atoms with Gasteiger partial charge in [0.1, 0.15) is 0 Å². The zero-order chi connectivity index (χ0) is 10.6. The van der Waals surface area contributed by atoms with Gasteiger partial charge < -0.3 is 0 Å². The van der Waals surface area contributed by atoms with Crippen LogP contribution < -0.4 is 0 Å². The first-order valence-electron chi connectivity index (χ1n) is 4.35. The first kappa shape index (κ1) is 10.0. The Hall–Kier alpha value is -0.490. The zero-order valence-corrected chi connectivity index (χ0v) is 8.05. The molecule has 1 N–H and O–H groups in total. The Morgan fingerprint density at radius 2 is 1.93 bits per heavy atom. The lowest BCUT2D eigenvalue weighted by Crippen LogP contribution is -2.38. The molecule has 0 spiro atoms. The molecule has 6 heteroatoms. The largest absolute Gasteiger partial charge is 0.373 e. The van der Waals surface area contributed by atoms with Crippen LogP contribution in [0, 0.1) is 17.8 Å². The maximum atomic E-state index is 13.2. The Bertz CT molecular complexity index is 374. The average Bonchev–Trinajstić information content (AvgIpc) is 2.61. The second-order valence-corrected chi connectivity index (χ2v) is 5.42. The average molecular weight is 224 g/mol. The number of halogens is 2. The topological polar surface area (TPSA) is 54.4 Å². The van der Waals surface area contributed by atoms with Crippen molar-refractivity contribution in [3.8, 4) is 0 Å². The number of hydrogen-bond donors (Lipinski definition) is 1. The lowest BCUT2D eigenvalue weighted by molar-refractivity contribution is 0.00622. The molecule has 0 amide bonds. The molecule has 0 radical (unpaired) electrons. The number of fused-ring (bicyclic) bond motifs is 2. The minimum atomic E-state index is -5.28. The highest BCUT2D eigenvalue weighted by atomic mass is 32.2. The van der Waals surface area contributed by atoms with Gasteiger partial charge in [0.05, 0.1) is 0 Å². The maximum absolute atomic E-state index is 13.2. The van der Waals surface area contributed by atoms with Gasteiger partial charge in [-0.15, -0.1) is 0 Å². The molecule has 3 nitrogen and oxygen atoms in total. The van der Waals surface area contributed by atoms with Crippen molar-refractivity contribution in [1.29, 1.82) is 0 Å². The molecule has 3 unspecified atom stereocenters. The second-order valence-electron chi connectivity index (χ2n) is 3.92. The van der Waals surface area contributed by atoms with Gasteiger partial charge in [-0.3, -0.25) is 4.55 Å². The summed E-state index contributed by atoms with van der Waals surface area (Å²) < 4.78 is 55.9. The van der Waals surface area contributed by atoms with Crippen LogP contribution in [-0.2, 0) is 10.1 Å². The van der Waals surface area contributed by atoms with Gasteiger partial charge in [0.15, 0.2) is 0 Å². The fraction of sp³-hybridized carbons (Fsp3) is 0.750. The molecule has 0 aromatic carbocycles. The molecule has 2 bridgehead atoms. The first-order chi connectivity index (χ1) is 6.32. The molecule has 1 saturated carbocycles. The van der Waals surface area contributed by atoms with Crippen LogP contribution in [-0.4, -0.2) is 18.2 Å². The molecule has 0 heterocycles. The van der Waals surface area contributed by atoms with Crippen molar-refractivity contribution >= 4 is 10.1 Å². The van der Waals surface area contributed by atoms with E-state index in [0.717, 1.165) is 0 Å². The summed E-state index contributed by atoms with van der Waals surface area (Å²) >= 11 is 0. The monoisotopic (exact) mass is 224 g/mol. The van der Waals surface area contributed by atoms with Crippen molar-refractivity contribution in [2.45, 2.75) is 18.1 Å². The van der Waals surface area contributed by atoms with E-state index in [1.807, 2.05) is 6.08 Å². The number of allylic oxidation sites excluding steroid dienone is 2. The summed E-state index contributed by atoms with van der Waals surface area (Å²) in [4.78, 5) is 0. The number of hydrogen-bond acceptors (Lipinski definition) is 2. The zero-order valence-electron chi connectivity index (χ0n) is 7.23. The predicted molar refractivity (Wildman–Crippen MR) is 45.3 cm³/mol. The van der Waals surface area contributed by atoms with E-state index >= 15 is 0 Å². The summed E-state index contributed by atoms with van der Waals surface area (Å²) in [6.45, 7) is 0. The molecule has 3 atom stereocenters. The lowest BCUT2D eigenvalue weighted by atomic mass is 9.94. The highest BCUT2D eigenvalue weighted by Crippen LogP contribution is 2.51. The van der Waals surface area contributed by atoms with Gasteiger partial charge in [0.2, 0.25) is 0 Å². The van der Waals surface area contributed by atoms with Crippen LogP contribution in [0.1, 0.15) is 12.8 Å². The van der Waals surface area contributed by atoms with Crippen LogP contribution in [0.3, 0.4) is 0 Å². The first-order valence-corrected chi connectivity index (χ1v) is 5.79. The van der Waals surface area contributed by atoms with Crippen LogP contribution in [0.25, 0.3) is 0 Å². The van der Waals surface area contributed by atoms with Crippen LogP contribution in [0.4, 0.5) is 8.78 Å². The summed E-state index contributed by atoms with van der Waals surface area (Å²) in [6, 6.07) is 0. The third-order valence-electron chi connectivity index (χ3n) is 3.05. The summed E-state index contributed by atoms with van der Waals surface area (Å²) in [7, 11) is -5.28. The molecule has 80 valence electrons. The van der Waals surface area contributed by atoms with Gasteiger partial charge in [-0.05, 0) is 24.7 Å². The SMILES string of the molecule is O=S(=O)(O)C(F)(F)C1CC2C=CC1C2. The van der Waals surface area contributed by atoms with E-state index in [1.165, 1.54) is 0 Å². The van der Waals surface area contributed by atoms with Crippen LogP contribution in [0.2, 0.25) is 0 Å². The van der Waals surface area contributed by atoms with E-state index in [9.17, 15) is 17.2 Å². The molecule has 2 aliphatic carbocycles. The van der Waals surface area contributed by atoms with E-state index in [4.69, 9.17) is 4.55 Å². The number of alkyl halides is 2. The van der Waals surface area contributed by atoms with Gasteiger partial charge in [-0.2, -0.15) is 17.2 Å². The molecule has 14 heavy (non-hydrogen) atoms. The molecule has 1 fully saturated rings. The predicted octanol–water partition coefficient (Wildman–Crippen LogP) is 1.68. The Morgan fingerprint density at radius 3 is 2.29 bits per heavy atom. The molecular weight excluding hydrogens is 214 g/mol. The standard InChI is InChI=1S/C8H10F2O3S/c9-8(10,14(11,12)13)7-4-5-1-2-6(7)3-5/h1-2,5-7H,3-4H2,(H,11,12,13). The van der Waals surface area contributed by atoms with E-state index in [2.05, 4.69) is 0 Å². The summed E-state index contributed by atoms with van der Waals surface area (Å²) in [5, 5.41) is -4.00. The van der Waals surface area contributed by atoms with Crippen molar-refractivity contribution in [2.24, 2.45) is 17.8 Å². The third-order valence-corrected chi connectivity index (χ3v) is 4.05. The second kappa shape index (κ2) is 2.76. The van der Waals surface area contributed by atoms with Crippen molar-refractivity contribution in [3.05, 3.63) is 12.2 Å². The highest BCUT2D eigenvalue weighted by molar-refractivity contribution is 7.86. The van der Waals surface area contributed by atoms with Gasteiger partial charge in [0, 0.05) is 5.92 Å². The molecule has 0 aliphatic heterocycles. The van der Waals surface area contributed by atoms with Crippen LogP contribution in [0.5, 0.6) is 0 Å². The van der Waals surface area contributed by atoms with Crippen molar-refractivity contribution < 1.29 is 21.8 Å². The quantitative estimate of drug-likeness (QED) is 0.573. The van der Waals surface area contributed by atoms with Crippen molar-refractivity contribution in [1.82, 2.24) is 0 Å². The van der Waals surface area contributed by atoms with Crippen molar-refractivity contribution in [3.63, 3.8) is 0 Å². The smallest absolute Gasteiger partial charge is 0.281 e. The normalized spacial score (nSPS) is 36.6. The Labute approximate surface area is 80.6 Å². The van der Waals surface area contributed by atoms with Gasteiger partial charge >= 0.3 is 15.4 Å². The molecule has 0 aromatic rings. The lowest BCUT2D eigenvalue weighted by Gasteiger charge is -2.25. The van der Waals surface area contributed by atoms with Gasteiger partial charge in [0.25, 0.3) is 0 Å². The molecule has 0 aromatic heterocycles. The van der Waals surface area contributed by atoms with Crippen LogP contribution in [0.15, 0.2) is 12.2 Å². The Balaban J connectivity index is 2.29. The summed E-state index contributed by atoms with van der Waals surface area (Å²) in [5.41, 5.74) is 0. The van der Waals surface area contributed by atoms with E-state index < -0.39 is 27.2 Å². The highest BCUT2D eigenvalue weighted by Gasteiger charge is 2.57. The molecule has 2 aliphatic rings. The Kier molecular flexibility index (Phi) is 1.98. The molecular formula is C8H10F2O3S. The van der Waals surface area contributed by atoms with Crippen molar-refractivity contribution in [2.75, 3.05) is 0 Å². The summed E-state index contributed by atoms with van der Waals surface area (Å²) in [6.07, 6.45) is 4.18. The van der Waals surface area contributed by atoms with Gasteiger partial charge in [-0.1, -0.05) is 12.2 Å². The van der Waals surface area contributed by atoms with Crippen LogP contribution >= 0.6 is 0 Å². The minimum absolute atomic E-state index is 0.0534. The van der Waals surface area contributed by atoms with Gasteiger partial charge in [-0.25, -0.2) is 0 Å². The molecule has 0 saturated heterocycles. The molecule has 2 rings (SSSR count). The summed E-state index contributed by atoms with van der Waals surface area (Å²) in [5.74, 6) is -1.61. The fourth-order valence-electron chi connectivity index (χ4n) is 2.36. The third kappa shape index (κ3) is 1.28. The maximum Gasteiger partial charge on any atom is 0.373 e. The fourth-order valence-corrected chi connectivity index (χ4v) is 3.01.